The third-order valence-electron chi connectivity index (χ3n) is 2.16. The second kappa shape index (κ2) is 3.18. The number of rotatable bonds is 1. The molecule has 0 amide bonds. The molecule has 1 aromatic carbocycles. The molecule has 0 bridgehead atoms. The Kier molecular flexibility index (Phi) is 2.00. The number of aliphatic hydroxyl groups is 1. The lowest BCUT2D eigenvalue weighted by atomic mass is 10.1. The molecule has 0 aliphatic carbocycles. The van der Waals surface area contributed by atoms with Crippen LogP contribution in [-0.2, 0) is 9.53 Å². The molecule has 3 nitrogen and oxygen atoms in total. The van der Waals surface area contributed by atoms with Crippen LogP contribution in [0, 0.1) is 6.92 Å². The molecule has 1 aliphatic heterocycles. The van der Waals surface area contributed by atoms with Crippen molar-refractivity contribution >= 4 is 5.97 Å². The number of carbonyl (C=O) groups is 1. The molecule has 1 aliphatic rings. The Morgan fingerprint density at radius 1 is 1.29 bits per heavy atom. The maximum absolute atomic E-state index is 10.9. The summed E-state index contributed by atoms with van der Waals surface area (Å²) in [6.07, 6.45) is 0.968. The highest BCUT2D eigenvalue weighted by atomic mass is 16.6. The summed E-state index contributed by atoms with van der Waals surface area (Å²) in [6.45, 7) is 1.98. The van der Waals surface area contributed by atoms with Crippen molar-refractivity contribution in [3.63, 3.8) is 0 Å². The Balaban J connectivity index is 2.26. The Hall–Kier alpha value is -1.77. The summed E-state index contributed by atoms with van der Waals surface area (Å²) in [6, 6.07) is 7.63. The fourth-order valence-corrected chi connectivity index (χ4v) is 1.34. The van der Waals surface area contributed by atoms with Gasteiger partial charge in [0.25, 0.3) is 0 Å². The Bertz CT molecular complexity index is 389. The smallest absolute Gasteiger partial charge is 0.374 e. The molecule has 0 radical (unpaired) electrons. The third kappa shape index (κ3) is 1.48. The molecule has 72 valence electrons. The van der Waals surface area contributed by atoms with Gasteiger partial charge in [-0.1, -0.05) is 29.8 Å². The van der Waals surface area contributed by atoms with E-state index in [2.05, 4.69) is 0 Å². The zero-order valence-electron chi connectivity index (χ0n) is 7.73. The van der Waals surface area contributed by atoms with Gasteiger partial charge in [0.05, 0.1) is 0 Å². The number of carbonyl (C=O) groups excluding carboxylic acids is 1. The van der Waals surface area contributed by atoms with Gasteiger partial charge in [0.15, 0.2) is 0 Å². The number of benzene rings is 1. The average molecular weight is 190 g/mol. The van der Waals surface area contributed by atoms with Crippen LogP contribution in [0.25, 0.3) is 0 Å². The number of hydrogen-bond acceptors (Lipinski definition) is 3. The van der Waals surface area contributed by atoms with E-state index in [4.69, 9.17) is 9.84 Å². The lowest BCUT2D eigenvalue weighted by Gasteiger charge is -2.07. The molecule has 1 N–H and O–H groups in total. The molecular weight excluding hydrogens is 180 g/mol. The minimum Gasteiger partial charge on any atom is -0.502 e. The molecule has 1 unspecified atom stereocenters. The number of esters is 1. The minimum absolute atomic E-state index is 0.310. The van der Waals surface area contributed by atoms with Crippen LogP contribution in [0.2, 0.25) is 0 Å². The van der Waals surface area contributed by atoms with Crippen molar-refractivity contribution in [3.05, 3.63) is 47.2 Å². The highest BCUT2D eigenvalue weighted by molar-refractivity contribution is 5.88. The van der Waals surface area contributed by atoms with Crippen LogP contribution < -0.4 is 0 Å². The number of hydrogen-bond donors (Lipinski definition) is 1. The van der Waals surface area contributed by atoms with E-state index in [1.54, 1.807) is 0 Å². The summed E-state index contributed by atoms with van der Waals surface area (Å²) in [5, 5.41) is 9.07. The molecule has 1 atom stereocenters. The molecule has 1 aromatic rings. The molecule has 0 saturated heterocycles. The Labute approximate surface area is 81.6 Å². The van der Waals surface area contributed by atoms with Gasteiger partial charge < -0.3 is 9.84 Å². The van der Waals surface area contributed by atoms with Gasteiger partial charge in [0.1, 0.15) is 6.10 Å². The van der Waals surface area contributed by atoms with Crippen molar-refractivity contribution in [2.24, 2.45) is 0 Å². The monoisotopic (exact) mass is 190 g/mol. The van der Waals surface area contributed by atoms with Crippen molar-refractivity contribution in [2.45, 2.75) is 13.0 Å². The SMILES string of the molecule is Cc1ccc(C2C=C(O)C(=O)O2)cc1. The number of ether oxygens (including phenoxy) is 1. The van der Waals surface area contributed by atoms with Gasteiger partial charge in [-0.3, -0.25) is 0 Å². The fourth-order valence-electron chi connectivity index (χ4n) is 1.34. The summed E-state index contributed by atoms with van der Waals surface area (Å²) in [7, 11) is 0. The van der Waals surface area contributed by atoms with Gasteiger partial charge >= 0.3 is 5.97 Å². The maximum Gasteiger partial charge on any atom is 0.374 e. The van der Waals surface area contributed by atoms with E-state index in [1.807, 2.05) is 31.2 Å². The van der Waals surface area contributed by atoms with E-state index in [9.17, 15) is 4.79 Å². The van der Waals surface area contributed by atoms with Crippen LogP contribution in [-0.4, -0.2) is 11.1 Å². The minimum atomic E-state index is -0.657. The predicted octanol–water partition coefficient (Wildman–Crippen LogP) is 2.03. The van der Waals surface area contributed by atoms with E-state index in [0.717, 1.165) is 11.1 Å². The zero-order valence-corrected chi connectivity index (χ0v) is 7.73. The van der Waals surface area contributed by atoms with E-state index in [-0.39, 0.29) is 5.76 Å². The van der Waals surface area contributed by atoms with Crippen LogP contribution in [0.1, 0.15) is 17.2 Å². The summed E-state index contributed by atoms with van der Waals surface area (Å²) >= 11 is 0. The second-order valence-corrected chi connectivity index (χ2v) is 3.29. The van der Waals surface area contributed by atoms with Crippen LogP contribution in [0.4, 0.5) is 0 Å². The molecular formula is C11H10O3. The normalized spacial score (nSPS) is 20.5. The highest BCUT2D eigenvalue weighted by Crippen LogP contribution is 2.26. The number of aliphatic hydroxyl groups excluding tert-OH is 1. The molecule has 0 aromatic heterocycles. The Morgan fingerprint density at radius 3 is 2.43 bits per heavy atom. The van der Waals surface area contributed by atoms with Gasteiger partial charge in [0, 0.05) is 6.08 Å². The van der Waals surface area contributed by atoms with E-state index in [0.29, 0.717) is 0 Å². The van der Waals surface area contributed by atoms with Gasteiger partial charge in [0.2, 0.25) is 5.76 Å². The van der Waals surface area contributed by atoms with E-state index >= 15 is 0 Å². The van der Waals surface area contributed by atoms with E-state index in [1.165, 1.54) is 6.08 Å². The summed E-state index contributed by atoms with van der Waals surface area (Å²) in [5.41, 5.74) is 2.01. The zero-order chi connectivity index (χ0) is 10.1. The lowest BCUT2D eigenvalue weighted by Crippen LogP contribution is -2.01. The van der Waals surface area contributed by atoms with Crippen LogP contribution in [0.15, 0.2) is 36.1 Å². The van der Waals surface area contributed by atoms with Crippen molar-refractivity contribution in [1.82, 2.24) is 0 Å². The topological polar surface area (TPSA) is 46.5 Å². The largest absolute Gasteiger partial charge is 0.502 e. The number of cyclic esters (lactones) is 1. The van der Waals surface area contributed by atoms with Crippen molar-refractivity contribution in [3.8, 4) is 0 Å². The van der Waals surface area contributed by atoms with Gasteiger partial charge in [-0.25, -0.2) is 4.79 Å². The van der Waals surface area contributed by atoms with Crippen LogP contribution in [0.3, 0.4) is 0 Å². The molecule has 0 saturated carbocycles. The Morgan fingerprint density at radius 2 is 1.93 bits per heavy atom. The standard InChI is InChI=1S/C11H10O3/c1-7-2-4-8(5-3-7)10-6-9(12)11(13)14-10/h2-6,10,12H,1H3. The second-order valence-electron chi connectivity index (χ2n) is 3.29. The van der Waals surface area contributed by atoms with Crippen LogP contribution >= 0.6 is 0 Å². The predicted molar refractivity (Wildman–Crippen MR) is 50.7 cm³/mol. The number of aryl methyl sites for hydroxylation is 1. The summed E-state index contributed by atoms with van der Waals surface area (Å²) in [5.74, 6) is -0.967. The summed E-state index contributed by atoms with van der Waals surface area (Å²) in [4.78, 5) is 10.9. The van der Waals surface area contributed by atoms with Crippen LogP contribution in [0.5, 0.6) is 0 Å². The quantitative estimate of drug-likeness (QED) is 0.689. The first-order chi connectivity index (χ1) is 6.66. The highest BCUT2D eigenvalue weighted by Gasteiger charge is 2.25. The van der Waals surface area contributed by atoms with E-state index < -0.39 is 12.1 Å². The molecule has 2 rings (SSSR count). The van der Waals surface area contributed by atoms with Crippen molar-refractivity contribution in [1.29, 1.82) is 0 Å². The third-order valence-corrected chi connectivity index (χ3v) is 2.16. The first-order valence-electron chi connectivity index (χ1n) is 4.35. The van der Waals surface area contributed by atoms with Gasteiger partial charge in [-0.05, 0) is 12.5 Å². The molecule has 3 heteroatoms. The fraction of sp³-hybridized carbons (Fsp3) is 0.182. The van der Waals surface area contributed by atoms with Crippen molar-refractivity contribution in [2.75, 3.05) is 0 Å². The molecule has 0 fully saturated rings. The maximum atomic E-state index is 10.9. The van der Waals surface area contributed by atoms with Gasteiger partial charge in [-0.2, -0.15) is 0 Å². The van der Waals surface area contributed by atoms with Crippen molar-refractivity contribution < 1.29 is 14.6 Å². The lowest BCUT2D eigenvalue weighted by molar-refractivity contribution is -0.142. The molecule has 0 spiro atoms. The first-order valence-corrected chi connectivity index (χ1v) is 4.35. The van der Waals surface area contributed by atoms with Gasteiger partial charge in [-0.15, -0.1) is 0 Å². The average Bonchev–Trinajstić information content (AvgIpc) is 2.48. The summed E-state index contributed by atoms with van der Waals surface area (Å²) < 4.78 is 4.92. The molecule has 14 heavy (non-hydrogen) atoms. The first kappa shape index (κ1) is 8.81. The molecule has 1 heterocycles.